The number of aromatic nitrogens is 4. The maximum absolute atomic E-state index is 7.27. The minimum atomic E-state index is -0.874. The van der Waals surface area contributed by atoms with E-state index in [1.807, 2.05) is 79.4 Å². The van der Waals surface area contributed by atoms with E-state index in [0.29, 0.717) is 32.8 Å². The fourth-order valence-corrected chi connectivity index (χ4v) is 9.53. The predicted molar refractivity (Wildman–Crippen MR) is 270 cm³/mol. The van der Waals surface area contributed by atoms with Gasteiger partial charge in [0.25, 0.3) is 0 Å². The van der Waals surface area contributed by atoms with Gasteiger partial charge in [0.2, 0.25) is 0 Å². The molecule has 1 aliphatic heterocycles. The number of imidazole rings is 1. The van der Waals surface area contributed by atoms with Crippen molar-refractivity contribution in [2.24, 2.45) is 5.73 Å². The Kier molecular flexibility index (Phi) is 16.9. The Hall–Kier alpha value is -6.48. The first-order valence-corrected chi connectivity index (χ1v) is 24.3. The number of nitrogens with zero attached hydrogens (tertiary/aromatic N) is 3. The van der Waals surface area contributed by atoms with Crippen molar-refractivity contribution in [1.29, 1.82) is 0 Å². The predicted octanol–water partition coefficient (Wildman–Crippen LogP) is 9.79. The van der Waals surface area contributed by atoms with Gasteiger partial charge in [0.05, 0.1) is 58.4 Å². The van der Waals surface area contributed by atoms with Gasteiger partial charge < -0.3 is 48.4 Å². The summed E-state index contributed by atoms with van der Waals surface area (Å²) in [5, 5.41) is 1.16. The van der Waals surface area contributed by atoms with E-state index in [1.54, 1.807) is 13.3 Å². The fraction of sp³-hybridized carbons (Fsp3) is 0.310. The molecule has 70 heavy (non-hydrogen) atoms. The van der Waals surface area contributed by atoms with Gasteiger partial charge in [0.1, 0.15) is 35.7 Å². The van der Waals surface area contributed by atoms with Crippen molar-refractivity contribution in [3.63, 3.8) is 0 Å². The van der Waals surface area contributed by atoms with Crippen LogP contribution in [-0.4, -0.2) is 83.7 Å². The molecule has 12 heteroatoms. The van der Waals surface area contributed by atoms with Crippen molar-refractivity contribution in [3.8, 4) is 5.75 Å². The van der Waals surface area contributed by atoms with Crippen molar-refractivity contribution >= 4 is 10.9 Å². The number of nitrogens with two attached hydrogens (primary N) is 1. The summed E-state index contributed by atoms with van der Waals surface area (Å²) in [6, 6.07) is 51.6. The molecule has 0 amide bonds. The van der Waals surface area contributed by atoms with Crippen LogP contribution in [0.25, 0.3) is 10.9 Å². The number of rotatable bonds is 25. The molecular formula is C58H63N5O7. The van der Waals surface area contributed by atoms with Crippen LogP contribution in [0.5, 0.6) is 5.75 Å². The molecule has 12 nitrogen and oxygen atoms in total. The zero-order valence-electron chi connectivity index (χ0n) is 39.8. The summed E-state index contributed by atoms with van der Waals surface area (Å²) in [6.07, 6.45) is 9.28. The van der Waals surface area contributed by atoms with Crippen molar-refractivity contribution in [2.75, 3.05) is 33.5 Å². The summed E-state index contributed by atoms with van der Waals surface area (Å²) < 4.78 is 49.5. The van der Waals surface area contributed by atoms with Gasteiger partial charge in [-0.05, 0) is 89.9 Å². The number of hydrogen-bond donors (Lipinski definition) is 2. The van der Waals surface area contributed by atoms with Crippen molar-refractivity contribution < 1.29 is 33.2 Å². The first kappa shape index (κ1) is 48.5. The third-order valence-corrected chi connectivity index (χ3v) is 13.0. The Balaban J connectivity index is 1.10. The van der Waals surface area contributed by atoms with Gasteiger partial charge in [0.15, 0.2) is 6.29 Å². The summed E-state index contributed by atoms with van der Waals surface area (Å²) >= 11 is 0. The number of fused-ring (bicyclic) bond motifs is 1. The Morgan fingerprint density at radius 3 is 2.03 bits per heavy atom. The van der Waals surface area contributed by atoms with E-state index in [9.17, 15) is 0 Å². The van der Waals surface area contributed by atoms with Gasteiger partial charge in [-0.25, -0.2) is 4.98 Å². The normalized spacial score (nSPS) is 18.3. The molecule has 0 spiro atoms. The number of pyridine rings is 1. The van der Waals surface area contributed by atoms with E-state index in [-0.39, 0.29) is 19.8 Å². The number of aromatic amines is 1. The quantitative estimate of drug-likeness (QED) is 0.0421. The maximum Gasteiger partial charge on any atom is 0.186 e. The van der Waals surface area contributed by atoms with Crippen LogP contribution in [0.2, 0.25) is 0 Å². The molecule has 3 aromatic heterocycles. The molecule has 362 valence electrons. The van der Waals surface area contributed by atoms with Crippen molar-refractivity contribution in [3.05, 3.63) is 222 Å². The lowest BCUT2D eigenvalue weighted by molar-refractivity contribution is -0.328. The summed E-state index contributed by atoms with van der Waals surface area (Å²) in [6.45, 7) is 2.50. The first-order chi connectivity index (χ1) is 34.6. The third-order valence-electron chi connectivity index (χ3n) is 13.0. The van der Waals surface area contributed by atoms with Crippen LogP contribution in [0.15, 0.2) is 183 Å². The Morgan fingerprint density at radius 1 is 0.629 bits per heavy atom. The molecule has 1 aliphatic rings. The van der Waals surface area contributed by atoms with Gasteiger partial charge in [-0.1, -0.05) is 127 Å². The van der Waals surface area contributed by atoms with Gasteiger partial charge in [-0.15, -0.1) is 0 Å². The van der Waals surface area contributed by atoms with Gasteiger partial charge in [0, 0.05) is 36.1 Å². The highest BCUT2D eigenvalue weighted by molar-refractivity contribution is 5.83. The smallest absolute Gasteiger partial charge is 0.186 e. The molecule has 4 heterocycles. The van der Waals surface area contributed by atoms with Crippen LogP contribution < -0.4 is 10.5 Å². The molecule has 5 aromatic carbocycles. The van der Waals surface area contributed by atoms with Crippen LogP contribution in [0.1, 0.15) is 58.3 Å². The highest BCUT2D eigenvalue weighted by atomic mass is 16.7. The van der Waals surface area contributed by atoms with Crippen molar-refractivity contribution in [2.45, 2.75) is 81.7 Å². The van der Waals surface area contributed by atoms with Crippen LogP contribution in [0, 0.1) is 0 Å². The first-order valence-electron chi connectivity index (χ1n) is 24.3. The Bertz CT molecular complexity index is 2720. The van der Waals surface area contributed by atoms with E-state index in [4.69, 9.17) is 43.9 Å². The number of unbranched alkanes of at least 4 members (excludes halogenated alkanes) is 2. The van der Waals surface area contributed by atoms with Crippen molar-refractivity contribution in [1.82, 2.24) is 19.5 Å². The summed E-state index contributed by atoms with van der Waals surface area (Å²) in [4.78, 5) is 12.6. The molecule has 1 saturated heterocycles. The average molecular weight is 942 g/mol. The van der Waals surface area contributed by atoms with Crippen LogP contribution in [-0.2, 0) is 60.2 Å². The molecule has 0 radical (unpaired) electrons. The van der Waals surface area contributed by atoms with Gasteiger partial charge in [-0.2, -0.15) is 0 Å². The molecule has 0 bridgehead atoms. The number of H-pyrrole nitrogens is 1. The van der Waals surface area contributed by atoms with E-state index >= 15 is 0 Å². The summed E-state index contributed by atoms with van der Waals surface area (Å²) in [5.74, 6) is 0.762. The topological polar surface area (TPSA) is 137 Å². The largest absolute Gasteiger partial charge is 0.497 e. The van der Waals surface area contributed by atoms with Gasteiger partial charge >= 0.3 is 0 Å². The highest BCUT2D eigenvalue weighted by Crippen LogP contribution is 2.43. The lowest BCUT2D eigenvalue weighted by Gasteiger charge is -2.46. The summed E-state index contributed by atoms with van der Waals surface area (Å²) in [7, 11) is 1.68. The van der Waals surface area contributed by atoms with Crippen LogP contribution in [0.4, 0.5) is 0 Å². The van der Waals surface area contributed by atoms with E-state index < -0.39 is 36.2 Å². The number of ether oxygens (including phenoxy) is 7. The number of methoxy groups -OCH3 is 1. The monoisotopic (exact) mass is 941 g/mol. The minimum Gasteiger partial charge on any atom is -0.497 e. The molecule has 9 rings (SSSR count). The minimum absolute atomic E-state index is 0.122. The lowest BCUT2D eigenvalue weighted by atomic mass is 9.76. The van der Waals surface area contributed by atoms with E-state index in [1.165, 1.54) is 0 Å². The second-order valence-electron chi connectivity index (χ2n) is 17.5. The molecule has 0 aliphatic carbocycles. The number of hydrogen-bond acceptors (Lipinski definition) is 10. The fourth-order valence-electron chi connectivity index (χ4n) is 9.53. The molecule has 5 atom stereocenters. The molecule has 0 unspecified atom stereocenters. The second-order valence-corrected chi connectivity index (χ2v) is 17.5. The van der Waals surface area contributed by atoms with Crippen LogP contribution >= 0.6 is 0 Å². The molecule has 0 saturated carbocycles. The van der Waals surface area contributed by atoms with E-state index in [2.05, 4.69) is 112 Å². The summed E-state index contributed by atoms with van der Waals surface area (Å²) in [5.41, 5.74) is 13.0. The Labute approximate surface area is 410 Å². The standard InChI is InChI=1S/C58H63N5O7/c1-64-50-28-26-48(27-29-50)58(46-20-8-3-9-21-46,47-22-10-4-11-23-47)63-42-61-37-49(63)40-69-56-55(68-38-43-17-6-2-7-18-43)54(67-39-44-19-16-32-60-35-44)53(41-65-33-15-5-14-31-59)70-57(56)66-34-30-45-36-62-52-25-13-12-24-51(45)52/h2-4,6-13,16-29,32,35-37,42,53-57,62H,5,14-15,30-31,33-34,38-41,59H2,1H3/t53-,54-,55+,56-,57-/m1/s1. The molecule has 1 fully saturated rings. The highest BCUT2D eigenvalue weighted by Gasteiger charge is 2.49. The second kappa shape index (κ2) is 24.4. The lowest BCUT2D eigenvalue weighted by Crippen LogP contribution is -2.62. The average Bonchev–Trinajstić information content (AvgIpc) is 4.07. The van der Waals surface area contributed by atoms with Gasteiger partial charge in [-0.3, -0.25) is 4.98 Å². The molecule has 8 aromatic rings. The Morgan fingerprint density at radius 2 is 1.30 bits per heavy atom. The molecular weight excluding hydrogens is 879 g/mol. The molecule has 3 N–H and O–H groups in total. The van der Waals surface area contributed by atoms with Crippen LogP contribution in [0.3, 0.4) is 0 Å². The zero-order chi connectivity index (χ0) is 47.8. The third kappa shape index (κ3) is 11.4. The number of para-hydroxylation sites is 1. The SMILES string of the molecule is COc1ccc(C(c2ccccc2)(c2ccccc2)n2cncc2CO[C@H]2[C@H](OCCc3c[nH]c4ccccc34)O[C@H](COCCCCCN)[C@@H](OCc3cccnc3)[C@@H]2OCc2ccccc2)cc1. The number of nitrogens with one attached hydrogen (secondary N) is 1. The zero-order valence-corrected chi connectivity index (χ0v) is 39.8. The van der Waals surface area contributed by atoms with E-state index in [0.717, 1.165) is 75.0 Å². The maximum atomic E-state index is 7.27. The number of benzene rings is 5.